The Labute approximate surface area is 114 Å². The lowest BCUT2D eigenvalue weighted by Gasteiger charge is -2.04. The third-order valence-electron chi connectivity index (χ3n) is 3.52. The van der Waals surface area contributed by atoms with E-state index in [0.717, 1.165) is 27.8 Å². The van der Waals surface area contributed by atoms with Crippen LogP contribution < -0.4 is 0 Å². The molecule has 3 heteroatoms. The molecule has 4 rings (SSSR count). The number of rotatable bonds is 1. The van der Waals surface area contributed by atoms with Gasteiger partial charge in [0.15, 0.2) is 0 Å². The average Bonchev–Trinajstić information content (AvgIpc) is 2.91. The van der Waals surface area contributed by atoms with Crippen molar-refractivity contribution < 1.29 is 4.39 Å². The largest absolute Gasteiger partial charge is 0.338 e. The summed E-state index contributed by atoms with van der Waals surface area (Å²) in [6, 6.07) is 18.6. The second-order valence-corrected chi connectivity index (χ2v) is 4.74. The summed E-state index contributed by atoms with van der Waals surface area (Å²) in [5, 5.41) is 1.48. The molecule has 4 aromatic rings. The van der Waals surface area contributed by atoms with Crippen LogP contribution in [0.3, 0.4) is 0 Å². The number of nitrogens with zero attached hydrogens (tertiary/aromatic N) is 1. The van der Waals surface area contributed by atoms with Gasteiger partial charge in [-0.3, -0.25) is 0 Å². The highest BCUT2D eigenvalue weighted by atomic mass is 19.1. The number of para-hydroxylation sites is 2. The van der Waals surface area contributed by atoms with Gasteiger partial charge in [0.2, 0.25) is 0 Å². The second kappa shape index (κ2) is 4.17. The molecule has 0 aliphatic rings. The van der Waals surface area contributed by atoms with Crippen LogP contribution in [0.1, 0.15) is 0 Å². The molecule has 0 amide bonds. The Morgan fingerprint density at radius 3 is 2.40 bits per heavy atom. The van der Waals surface area contributed by atoms with E-state index in [1.807, 2.05) is 42.5 Å². The first kappa shape index (κ1) is 11.2. The third-order valence-corrected chi connectivity index (χ3v) is 3.52. The number of halogens is 1. The van der Waals surface area contributed by atoms with E-state index in [0.29, 0.717) is 5.39 Å². The Morgan fingerprint density at radius 1 is 0.800 bits per heavy atom. The smallest absolute Gasteiger partial charge is 0.139 e. The molecule has 1 aromatic heterocycles. The number of H-pyrrole nitrogens is 1. The SMILES string of the molecule is Fc1ccc(-c2nc3ccccc3[nH]2)c2ccccc12. The molecule has 0 atom stereocenters. The highest BCUT2D eigenvalue weighted by Crippen LogP contribution is 2.29. The maximum absolute atomic E-state index is 13.9. The van der Waals surface area contributed by atoms with Crippen LogP contribution in [0.4, 0.5) is 4.39 Å². The summed E-state index contributed by atoms with van der Waals surface area (Å²) >= 11 is 0. The van der Waals surface area contributed by atoms with Crippen LogP contribution in [0.5, 0.6) is 0 Å². The molecule has 96 valence electrons. The molecule has 20 heavy (non-hydrogen) atoms. The average molecular weight is 262 g/mol. The predicted octanol–water partition coefficient (Wildman–Crippen LogP) is 4.52. The van der Waals surface area contributed by atoms with Gasteiger partial charge in [0.25, 0.3) is 0 Å². The van der Waals surface area contributed by atoms with Gasteiger partial charge in [0.05, 0.1) is 11.0 Å². The van der Waals surface area contributed by atoms with E-state index < -0.39 is 0 Å². The summed E-state index contributed by atoms with van der Waals surface area (Å²) in [4.78, 5) is 7.87. The Balaban J connectivity index is 2.04. The van der Waals surface area contributed by atoms with E-state index in [1.165, 1.54) is 6.07 Å². The zero-order valence-corrected chi connectivity index (χ0v) is 10.6. The highest BCUT2D eigenvalue weighted by molar-refractivity contribution is 5.96. The number of hydrogen-bond donors (Lipinski definition) is 1. The third kappa shape index (κ3) is 1.60. The number of hydrogen-bond acceptors (Lipinski definition) is 1. The first-order chi connectivity index (χ1) is 9.83. The normalized spacial score (nSPS) is 11.2. The summed E-state index contributed by atoms with van der Waals surface area (Å²) < 4.78 is 13.9. The topological polar surface area (TPSA) is 28.7 Å². The lowest BCUT2D eigenvalue weighted by Crippen LogP contribution is -1.86. The van der Waals surface area contributed by atoms with E-state index in [1.54, 1.807) is 12.1 Å². The van der Waals surface area contributed by atoms with Gasteiger partial charge in [-0.2, -0.15) is 0 Å². The zero-order chi connectivity index (χ0) is 13.5. The van der Waals surface area contributed by atoms with Gasteiger partial charge < -0.3 is 4.98 Å². The first-order valence-corrected chi connectivity index (χ1v) is 6.45. The van der Waals surface area contributed by atoms with Crippen LogP contribution in [0.15, 0.2) is 60.7 Å². The summed E-state index contributed by atoms with van der Waals surface area (Å²) in [6.45, 7) is 0. The predicted molar refractivity (Wildman–Crippen MR) is 79.0 cm³/mol. The summed E-state index contributed by atoms with van der Waals surface area (Å²) in [6.07, 6.45) is 0. The van der Waals surface area contributed by atoms with Crippen molar-refractivity contribution in [1.29, 1.82) is 0 Å². The molecule has 0 bridgehead atoms. The second-order valence-electron chi connectivity index (χ2n) is 4.74. The van der Waals surface area contributed by atoms with Gasteiger partial charge in [-0.05, 0) is 29.7 Å². The number of fused-ring (bicyclic) bond motifs is 2. The van der Waals surface area contributed by atoms with E-state index in [2.05, 4.69) is 9.97 Å². The van der Waals surface area contributed by atoms with Crippen LogP contribution in [0, 0.1) is 5.82 Å². The molecule has 0 unspecified atom stereocenters. The number of benzene rings is 3. The first-order valence-electron chi connectivity index (χ1n) is 6.45. The molecule has 0 saturated carbocycles. The molecule has 0 aliphatic carbocycles. The molecule has 1 heterocycles. The van der Waals surface area contributed by atoms with Gasteiger partial charge in [-0.15, -0.1) is 0 Å². The quantitative estimate of drug-likeness (QED) is 0.536. The molecule has 0 spiro atoms. The fourth-order valence-electron chi connectivity index (χ4n) is 2.55. The molecule has 0 radical (unpaired) electrons. The van der Waals surface area contributed by atoms with Crippen LogP contribution in [0.25, 0.3) is 33.2 Å². The lowest BCUT2D eigenvalue weighted by atomic mass is 10.0. The van der Waals surface area contributed by atoms with Crippen molar-refractivity contribution in [3.8, 4) is 11.4 Å². The Hall–Kier alpha value is -2.68. The van der Waals surface area contributed by atoms with Gasteiger partial charge in [0.1, 0.15) is 11.6 Å². The monoisotopic (exact) mass is 262 g/mol. The minimum absolute atomic E-state index is 0.208. The number of imidazole rings is 1. The molecule has 1 N–H and O–H groups in total. The van der Waals surface area contributed by atoms with E-state index in [-0.39, 0.29) is 5.82 Å². The van der Waals surface area contributed by atoms with Crippen molar-refractivity contribution in [2.45, 2.75) is 0 Å². The molecular formula is C17H11FN2. The Morgan fingerprint density at radius 2 is 1.55 bits per heavy atom. The van der Waals surface area contributed by atoms with Gasteiger partial charge >= 0.3 is 0 Å². The van der Waals surface area contributed by atoms with Crippen molar-refractivity contribution in [3.63, 3.8) is 0 Å². The molecule has 3 aromatic carbocycles. The molecule has 0 aliphatic heterocycles. The van der Waals surface area contributed by atoms with Crippen molar-refractivity contribution in [2.24, 2.45) is 0 Å². The van der Waals surface area contributed by atoms with E-state index >= 15 is 0 Å². The fourth-order valence-corrected chi connectivity index (χ4v) is 2.55. The Bertz CT molecular complexity index is 891. The van der Waals surface area contributed by atoms with Crippen LogP contribution >= 0.6 is 0 Å². The number of aromatic nitrogens is 2. The maximum atomic E-state index is 13.9. The minimum atomic E-state index is -0.208. The van der Waals surface area contributed by atoms with Crippen molar-refractivity contribution in [1.82, 2.24) is 9.97 Å². The summed E-state index contributed by atoms with van der Waals surface area (Å²) in [7, 11) is 0. The standard InChI is InChI=1S/C17H11FN2/c18-14-10-9-13(11-5-1-2-6-12(11)14)17-19-15-7-3-4-8-16(15)20-17/h1-10H,(H,19,20). The van der Waals surface area contributed by atoms with E-state index in [9.17, 15) is 4.39 Å². The maximum Gasteiger partial charge on any atom is 0.139 e. The molecule has 2 nitrogen and oxygen atoms in total. The zero-order valence-electron chi connectivity index (χ0n) is 10.6. The van der Waals surface area contributed by atoms with Crippen molar-refractivity contribution in [2.75, 3.05) is 0 Å². The van der Waals surface area contributed by atoms with Gasteiger partial charge in [0, 0.05) is 10.9 Å². The number of aromatic amines is 1. The summed E-state index contributed by atoms with van der Waals surface area (Å²) in [5.41, 5.74) is 2.81. The molecule has 0 fully saturated rings. The minimum Gasteiger partial charge on any atom is -0.338 e. The number of nitrogens with one attached hydrogen (secondary N) is 1. The van der Waals surface area contributed by atoms with Crippen LogP contribution in [-0.2, 0) is 0 Å². The fraction of sp³-hybridized carbons (Fsp3) is 0. The van der Waals surface area contributed by atoms with Gasteiger partial charge in [-0.25, -0.2) is 9.37 Å². The summed E-state index contributed by atoms with van der Waals surface area (Å²) in [5.74, 6) is 0.558. The van der Waals surface area contributed by atoms with E-state index in [4.69, 9.17) is 0 Å². The van der Waals surface area contributed by atoms with Crippen molar-refractivity contribution in [3.05, 3.63) is 66.5 Å². The molecular weight excluding hydrogens is 251 g/mol. The highest BCUT2D eigenvalue weighted by Gasteiger charge is 2.10. The van der Waals surface area contributed by atoms with Crippen LogP contribution in [-0.4, -0.2) is 9.97 Å². The Kier molecular flexibility index (Phi) is 2.33. The van der Waals surface area contributed by atoms with Crippen molar-refractivity contribution >= 4 is 21.8 Å². The molecule has 0 saturated heterocycles. The van der Waals surface area contributed by atoms with Gasteiger partial charge in [-0.1, -0.05) is 36.4 Å². The lowest BCUT2D eigenvalue weighted by molar-refractivity contribution is 0.640. The van der Waals surface area contributed by atoms with Crippen LogP contribution in [0.2, 0.25) is 0 Å².